The number of allylic oxidation sites excluding steroid dienone is 1. The number of aromatic nitrogens is 2. The molecule has 0 bridgehead atoms. The molecule has 1 amide bonds. The van der Waals surface area contributed by atoms with Crippen molar-refractivity contribution in [3.8, 4) is 11.3 Å². The molecule has 0 saturated carbocycles. The van der Waals surface area contributed by atoms with Gasteiger partial charge in [-0.15, -0.1) is 17.9 Å². The molecule has 3 aromatic heterocycles. The van der Waals surface area contributed by atoms with Crippen LogP contribution in [0, 0.1) is 6.92 Å². The summed E-state index contributed by atoms with van der Waals surface area (Å²) in [5.74, 6) is 1.51. The fourth-order valence-electron chi connectivity index (χ4n) is 3.38. The molecule has 4 heterocycles. The van der Waals surface area contributed by atoms with Gasteiger partial charge in [-0.05, 0) is 31.9 Å². The van der Waals surface area contributed by atoms with E-state index in [0.29, 0.717) is 34.2 Å². The number of fused-ring (bicyclic) bond motifs is 1. The summed E-state index contributed by atoms with van der Waals surface area (Å²) in [5, 5.41) is 5.82. The average Bonchev–Trinajstić information content (AvgIpc) is 3.47. The minimum Gasteiger partial charge on any atom is -0.461 e. The lowest BCUT2D eigenvalue weighted by molar-refractivity contribution is -0.119. The summed E-state index contributed by atoms with van der Waals surface area (Å²) in [4.78, 5) is 30.8. The van der Waals surface area contributed by atoms with E-state index < -0.39 is 0 Å². The van der Waals surface area contributed by atoms with Gasteiger partial charge in [0.05, 0.1) is 17.2 Å². The molecule has 1 saturated heterocycles. The van der Waals surface area contributed by atoms with E-state index in [1.165, 1.54) is 23.1 Å². The summed E-state index contributed by atoms with van der Waals surface area (Å²) in [7, 11) is 0. The minimum absolute atomic E-state index is 0.0992. The second kappa shape index (κ2) is 9.20. The van der Waals surface area contributed by atoms with Gasteiger partial charge in [0.1, 0.15) is 16.4 Å². The molecule has 0 spiro atoms. The molecule has 0 aliphatic carbocycles. The van der Waals surface area contributed by atoms with Crippen LogP contribution < -0.4 is 10.9 Å². The maximum atomic E-state index is 13.3. The normalized spacial score (nSPS) is 16.2. The Bertz CT molecular complexity index is 1130. The molecular formula is C21H23N3O4S2. The minimum atomic E-state index is -0.160. The SMILES string of the molecule is C=CCn1c(SCC(=O)NC[C@H]2CCCO2)nc2scc(-c3ccc(C)o3)c2c1=O. The van der Waals surface area contributed by atoms with Crippen LogP contribution in [0.3, 0.4) is 0 Å². The number of amides is 1. The van der Waals surface area contributed by atoms with E-state index in [-0.39, 0.29) is 23.3 Å². The van der Waals surface area contributed by atoms with Crippen molar-refractivity contribution in [3.63, 3.8) is 0 Å². The molecule has 3 aromatic rings. The van der Waals surface area contributed by atoms with E-state index in [4.69, 9.17) is 9.15 Å². The Labute approximate surface area is 182 Å². The Morgan fingerprint density at radius 3 is 3.07 bits per heavy atom. The quantitative estimate of drug-likeness (QED) is 0.324. The predicted octanol–water partition coefficient (Wildman–Crippen LogP) is 3.60. The van der Waals surface area contributed by atoms with Gasteiger partial charge in [0.25, 0.3) is 5.56 Å². The fourth-order valence-corrected chi connectivity index (χ4v) is 5.19. The van der Waals surface area contributed by atoms with Crippen molar-refractivity contribution in [3.05, 3.63) is 46.3 Å². The number of hydrogen-bond acceptors (Lipinski definition) is 7. The highest BCUT2D eigenvalue weighted by atomic mass is 32.2. The third-order valence-electron chi connectivity index (χ3n) is 4.86. The number of carbonyl (C=O) groups is 1. The van der Waals surface area contributed by atoms with E-state index in [1.54, 1.807) is 10.6 Å². The Morgan fingerprint density at radius 2 is 2.37 bits per heavy atom. The number of ether oxygens (including phenoxy) is 1. The summed E-state index contributed by atoms with van der Waals surface area (Å²) in [6, 6.07) is 3.73. The lowest BCUT2D eigenvalue weighted by atomic mass is 10.2. The maximum absolute atomic E-state index is 13.3. The number of hydrogen-bond donors (Lipinski definition) is 1. The van der Waals surface area contributed by atoms with Gasteiger partial charge in [-0.25, -0.2) is 4.98 Å². The largest absolute Gasteiger partial charge is 0.461 e. The summed E-state index contributed by atoms with van der Waals surface area (Å²) in [5.41, 5.74) is 0.580. The average molecular weight is 446 g/mol. The number of thioether (sulfide) groups is 1. The van der Waals surface area contributed by atoms with Crippen molar-refractivity contribution in [2.75, 3.05) is 18.9 Å². The van der Waals surface area contributed by atoms with E-state index in [2.05, 4.69) is 16.9 Å². The Hall–Kier alpha value is -2.36. The molecule has 1 aliphatic rings. The lowest BCUT2D eigenvalue weighted by Crippen LogP contribution is -2.33. The maximum Gasteiger partial charge on any atom is 0.263 e. The van der Waals surface area contributed by atoms with Gasteiger partial charge in [0.15, 0.2) is 5.16 Å². The summed E-state index contributed by atoms with van der Waals surface area (Å²) < 4.78 is 12.8. The van der Waals surface area contributed by atoms with Gasteiger partial charge in [-0.2, -0.15) is 0 Å². The first kappa shape index (κ1) is 20.9. The van der Waals surface area contributed by atoms with E-state index in [1.807, 2.05) is 24.4 Å². The first-order chi connectivity index (χ1) is 14.6. The number of nitrogens with zero attached hydrogens (tertiary/aromatic N) is 2. The highest BCUT2D eigenvalue weighted by molar-refractivity contribution is 7.99. The van der Waals surface area contributed by atoms with Crippen LogP contribution in [0.15, 0.2) is 44.5 Å². The molecule has 1 aliphatic heterocycles. The zero-order chi connectivity index (χ0) is 21.1. The Morgan fingerprint density at radius 1 is 1.50 bits per heavy atom. The van der Waals surface area contributed by atoms with Gasteiger partial charge >= 0.3 is 0 Å². The van der Waals surface area contributed by atoms with Crippen molar-refractivity contribution in [2.24, 2.45) is 0 Å². The number of rotatable bonds is 8. The molecule has 158 valence electrons. The molecule has 0 unspecified atom stereocenters. The first-order valence-corrected chi connectivity index (χ1v) is 11.6. The standard InChI is InChI=1S/C21H23N3O4S2/c1-3-8-24-20(26)18-15(16-7-6-13(2)28-16)11-29-19(18)23-21(24)30-12-17(25)22-10-14-5-4-9-27-14/h3,6-7,11,14H,1,4-5,8-10,12H2,2H3,(H,22,25)/t14-/m1/s1. The lowest BCUT2D eigenvalue weighted by Gasteiger charge is -2.12. The van der Waals surface area contributed by atoms with Crippen LogP contribution in [0.1, 0.15) is 18.6 Å². The smallest absolute Gasteiger partial charge is 0.263 e. The number of aryl methyl sites for hydroxylation is 1. The molecule has 1 N–H and O–H groups in total. The second-order valence-electron chi connectivity index (χ2n) is 7.07. The van der Waals surface area contributed by atoms with Crippen molar-refractivity contribution in [2.45, 2.75) is 37.6 Å². The van der Waals surface area contributed by atoms with Crippen molar-refractivity contribution < 1.29 is 13.9 Å². The highest BCUT2D eigenvalue weighted by Gasteiger charge is 2.20. The van der Waals surface area contributed by atoms with E-state index in [9.17, 15) is 9.59 Å². The fraction of sp³-hybridized carbons (Fsp3) is 0.381. The van der Waals surface area contributed by atoms with Crippen LogP contribution in [0.2, 0.25) is 0 Å². The van der Waals surface area contributed by atoms with Crippen molar-refractivity contribution in [1.82, 2.24) is 14.9 Å². The monoisotopic (exact) mass is 445 g/mol. The van der Waals surface area contributed by atoms with Crippen molar-refractivity contribution in [1.29, 1.82) is 0 Å². The summed E-state index contributed by atoms with van der Waals surface area (Å²) >= 11 is 2.64. The summed E-state index contributed by atoms with van der Waals surface area (Å²) in [6.07, 6.45) is 3.76. The number of carbonyl (C=O) groups excluding carboxylic acids is 1. The number of furan rings is 1. The molecule has 1 fully saturated rings. The zero-order valence-corrected chi connectivity index (χ0v) is 18.3. The van der Waals surface area contributed by atoms with Crippen LogP contribution >= 0.6 is 23.1 Å². The van der Waals surface area contributed by atoms with Gasteiger partial charge < -0.3 is 14.5 Å². The number of thiophene rings is 1. The molecule has 0 aromatic carbocycles. The topological polar surface area (TPSA) is 86.4 Å². The van der Waals surface area contributed by atoms with Crippen LogP contribution in [-0.2, 0) is 16.1 Å². The Kier molecular flexibility index (Phi) is 6.40. The molecule has 7 nitrogen and oxygen atoms in total. The molecule has 4 rings (SSSR count). The molecule has 1 atom stereocenters. The molecule has 30 heavy (non-hydrogen) atoms. The highest BCUT2D eigenvalue weighted by Crippen LogP contribution is 2.33. The molecule has 9 heteroatoms. The van der Waals surface area contributed by atoms with Gasteiger partial charge in [0.2, 0.25) is 5.91 Å². The van der Waals surface area contributed by atoms with Gasteiger partial charge in [0, 0.05) is 30.6 Å². The third kappa shape index (κ3) is 4.38. The zero-order valence-electron chi connectivity index (χ0n) is 16.7. The molecule has 0 radical (unpaired) electrons. The van der Waals surface area contributed by atoms with E-state index >= 15 is 0 Å². The Balaban J connectivity index is 1.56. The number of nitrogens with one attached hydrogen (secondary N) is 1. The van der Waals surface area contributed by atoms with Crippen molar-refractivity contribution >= 4 is 39.2 Å². The second-order valence-corrected chi connectivity index (χ2v) is 8.87. The van der Waals surface area contributed by atoms with Crippen LogP contribution in [0.4, 0.5) is 0 Å². The van der Waals surface area contributed by atoms with Gasteiger partial charge in [-0.1, -0.05) is 17.8 Å². The first-order valence-electron chi connectivity index (χ1n) is 9.77. The van der Waals surface area contributed by atoms with Gasteiger partial charge in [-0.3, -0.25) is 14.2 Å². The van der Waals surface area contributed by atoms with Crippen LogP contribution in [0.5, 0.6) is 0 Å². The third-order valence-corrected chi connectivity index (χ3v) is 6.71. The predicted molar refractivity (Wildman–Crippen MR) is 119 cm³/mol. The van der Waals surface area contributed by atoms with Crippen LogP contribution in [-0.4, -0.2) is 40.5 Å². The van der Waals surface area contributed by atoms with Crippen LogP contribution in [0.25, 0.3) is 21.5 Å². The molecular weight excluding hydrogens is 422 g/mol. The summed E-state index contributed by atoms with van der Waals surface area (Å²) in [6.45, 7) is 7.21. The van der Waals surface area contributed by atoms with E-state index in [0.717, 1.165) is 30.8 Å².